The number of aliphatic hydroxyl groups excluding tert-OH is 1. The van der Waals surface area contributed by atoms with E-state index < -0.39 is 10.0 Å². The monoisotopic (exact) mass is 285 g/mol. The van der Waals surface area contributed by atoms with Crippen LogP contribution in [-0.2, 0) is 21.4 Å². The van der Waals surface area contributed by atoms with Crippen molar-refractivity contribution in [2.75, 3.05) is 20.2 Å². The molecule has 1 atom stereocenters. The normalized spacial score (nSPS) is 21.5. The van der Waals surface area contributed by atoms with Gasteiger partial charge in [0.25, 0.3) is 0 Å². The number of aliphatic hydroxyl groups is 1. The Balaban J connectivity index is 2.25. The van der Waals surface area contributed by atoms with Crippen LogP contribution in [0.2, 0.25) is 0 Å². The van der Waals surface area contributed by atoms with E-state index in [1.165, 1.54) is 10.4 Å². The van der Waals surface area contributed by atoms with Gasteiger partial charge in [-0.3, -0.25) is 0 Å². The van der Waals surface area contributed by atoms with Crippen molar-refractivity contribution in [3.63, 3.8) is 0 Å². The highest BCUT2D eigenvalue weighted by molar-refractivity contribution is 7.89. The van der Waals surface area contributed by atoms with Crippen molar-refractivity contribution in [1.29, 1.82) is 0 Å². The van der Waals surface area contributed by atoms with Gasteiger partial charge in [-0.05, 0) is 30.5 Å². The van der Waals surface area contributed by atoms with Crippen molar-refractivity contribution >= 4 is 10.0 Å². The first-order chi connectivity index (χ1) is 9.07. The third-order valence-corrected chi connectivity index (χ3v) is 5.25. The molecule has 0 amide bonds. The SMILES string of the molecule is COC1CCCN(S(=O)(=O)c2cccc(CO)c2)C1. The smallest absolute Gasteiger partial charge is 0.243 e. The lowest BCUT2D eigenvalue weighted by atomic mass is 10.1. The lowest BCUT2D eigenvalue weighted by molar-refractivity contribution is 0.0572. The molecule has 1 unspecified atom stereocenters. The number of benzene rings is 1. The minimum absolute atomic E-state index is 0.0375. The van der Waals surface area contributed by atoms with Crippen molar-refractivity contribution in [2.45, 2.75) is 30.4 Å². The number of hydrogen-bond donors (Lipinski definition) is 1. The maximum absolute atomic E-state index is 12.5. The second-order valence-corrected chi connectivity index (χ2v) is 6.61. The number of piperidine rings is 1. The predicted octanol–water partition coefficient (Wildman–Crippen LogP) is 0.978. The van der Waals surface area contributed by atoms with Gasteiger partial charge in [-0.15, -0.1) is 0 Å². The highest BCUT2D eigenvalue weighted by Gasteiger charge is 2.30. The Hall–Kier alpha value is -0.950. The average Bonchev–Trinajstić information content (AvgIpc) is 2.47. The van der Waals surface area contributed by atoms with E-state index in [0.717, 1.165) is 12.8 Å². The molecule has 1 aliphatic heterocycles. The van der Waals surface area contributed by atoms with Gasteiger partial charge >= 0.3 is 0 Å². The minimum Gasteiger partial charge on any atom is -0.392 e. The molecule has 6 heteroatoms. The van der Waals surface area contributed by atoms with Crippen LogP contribution in [0.5, 0.6) is 0 Å². The molecule has 1 aromatic rings. The van der Waals surface area contributed by atoms with Gasteiger partial charge in [0.05, 0.1) is 17.6 Å². The summed E-state index contributed by atoms with van der Waals surface area (Å²) in [5.41, 5.74) is 0.598. The second kappa shape index (κ2) is 6.00. The van der Waals surface area contributed by atoms with Crippen LogP contribution in [0.1, 0.15) is 18.4 Å². The third-order valence-electron chi connectivity index (χ3n) is 3.39. The molecule has 5 nitrogen and oxygen atoms in total. The molecular weight excluding hydrogens is 266 g/mol. The van der Waals surface area contributed by atoms with Crippen LogP contribution in [0.25, 0.3) is 0 Å². The van der Waals surface area contributed by atoms with E-state index in [-0.39, 0.29) is 17.6 Å². The van der Waals surface area contributed by atoms with Crippen LogP contribution < -0.4 is 0 Å². The summed E-state index contributed by atoms with van der Waals surface area (Å²) in [6.45, 7) is 0.748. The molecule has 1 heterocycles. The number of rotatable bonds is 4. The number of methoxy groups -OCH3 is 1. The molecule has 0 radical (unpaired) electrons. The van der Waals surface area contributed by atoms with E-state index in [0.29, 0.717) is 18.7 Å². The molecule has 1 N–H and O–H groups in total. The Morgan fingerprint density at radius 2 is 2.26 bits per heavy atom. The second-order valence-electron chi connectivity index (χ2n) is 4.67. The van der Waals surface area contributed by atoms with Gasteiger partial charge in [0.2, 0.25) is 10.0 Å². The fourth-order valence-corrected chi connectivity index (χ4v) is 3.85. The van der Waals surface area contributed by atoms with Crippen molar-refractivity contribution in [3.05, 3.63) is 29.8 Å². The predicted molar refractivity (Wildman–Crippen MR) is 71.2 cm³/mol. The van der Waals surface area contributed by atoms with Crippen LogP contribution in [0.3, 0.4) is 0 Å². The zero-order valence-electron chi connectivity index (χ0n) is 10.9. The Bertz CT molecular complexity index is 529. The standard InChI is InChI=1S/C13H19NO4S/c1-18-12-5-3-7-14(9-12)19(16,17)13-6-2-4-11(8-13)10-15/h2,4,6,8,12,15H,3,5,7,9-10H2,1H3. The Labute approximate surface area is 113 Å². The van der Waals surface area contributed by atoms with Crippen LogP contribution in [0, 0.1) is 0 Å². The van der Waals surface area contributed by atoms with Gasteiger partial charge < -0.3 is 9.84 Å². The molecular formula is C13H19NO4S. The molecule has 0 bridgehead atoms. The first-order valence-electron chi connectivity index (χ1n) is 6.30. The largest absolute Gasteiger partial charge is 0.392 e. The molecule has 19 heavy (non-hydrogen) atoms. The van der Waals surface area contributed by atoms with Crippen molar-refractivity contribution < 1.29 is 18.3 Å². The maximum atomic E-state index is 12.5. The summed E-state index contributed by atoms with van der Waals surface area (Å²) >= 11 is 0. The lowest BCUT2D eigenvalue weighted by Gasteiger charge is -2.31. The molecule has 106 valence electrons. The fraction of sp³-hybridized carbons (Fsp3) is 0.538. The molecule has 0 aromatic heterocycles. The van der Waals surface area contributed by atoms with Gasteiger partial charge in [0, 0.05) is 20.2 Å². The van der Waals surface area contributed by atoms with E-state index in [4.69, 9.17) is 9.84 Å². The van der Waals surface area contributed by atoms with Gasteiger partial charge in [-0.1, -0.05) is 12.1 Å². The van der Waals surface area contributed by atoms with E-state index in [1.807, 2.05) is 0 Å². The molecule has 0 saturated carbocycles. The fourth-order valence-electron chi connectivity index (χ4n) is 2.27. The maximum Gasteiger partial charge on any atom is 0.243 e. The third kappa shape index (κ3) is 3.14. The van der Waals surface area contributed by atoms with Crippen LogP contribution in [0.4, 0.5) is 0 Å². The Morgan fingerprint density at radius 1 is 1.47 bits per heavy atom. The molecule has 0 spiro atoms. The summed E-state index contributed by atoms with van der Waals surface area (Å²) in [5.74, 6) is 0. The molecule has 2 rings (SSSR count). The zero-order chi connectivity index (χ0) is 13.9. The number of sulfonamides is 1. The van der Waals surface area contributed by atoms with E-state index in [9.17, 15) is 8.42 Å². The number of nitrogens with zero attached hydrogens (tertiary/aromatic N) is 1. The first kappa shape index (κ1) is 14.5. The Kier molecular flexibility index (Phi) is 4.57. The molecule has 1 fully saturated rings. The summed E-state index contributed by atoms with van der Waals surface area (Å²) in [7, 11) is -1.89. The summed E-state index contributed by atoms with van der Waals surface area (Å²) in [5, 5.41) is 9.09. The summed E-state index contributed by atoms with van der Waals surface area (Å²) < 4.78 is 31.7. The van der Waals surface area contributed by atoms with Crippen LogP contribution in [-0.4, -0.2) is 44.1 Å². The molecule has 1 aromatic carbocycles. The highest BCUT2D eigenvalue weighted by atomic mass is 32.2. The van der Waals surface area contributed by atoms with E-state index >= 15 is 0 Å². The number of hydrogen-bond acceptors (Lipinski definition) is 4. The van der Waals surface area contributed by atoms with Gasteiger partial charge in [0.15, 0.2) is 0 Å². The quantitative estimate of drug-likeness (QED) is 0.895. The molecule has 1 saturated heterocycles. The minimum atomic E-state index is -3.50. The lowest BCUT2D eigenvalue weighted by Crippen LogP contribution is -2.42. The Morgan fingerprint density at radius 3 is 2.95 bits per heavy atom. The van der Waals surface area contributed by atoms with Gasteiger partial charge in [-0.25, -0.2) is 8.42 Å². The van der Waals surface area contributed by atoms with E-state index in [1.54, 1.807) is 25.3 Å². The zero-order valence-corrected chi connectivity index (χ0v) is 11.8. The van der Waals surface area contributed by atoms with Crippen molar-refractivity contribution in [1.82, 2.24) is 4.31 Å². The number of ether oxygens (including phenoxy) is 1. The van der Waals surface area contributed by atoms with Crippen LogP contribution >= 0.6 is 0 Å². The first-order valence-corrected chi connectivity index (χ1v) is 7.74. The topological polar surface area (TPSA) is 66.8 Å². The summed E-state index contributed by atoms with van der Waals surface area (Å²) in [6, 6.07) is 6.43. The van der Waals surface area contributed by atoms with E-state index in [2.05, 4.69) is 0 Å². The van der Waals surface area contributed by atoms with Gasteiger partial charge in [0.1, 0.15) is 0 Å². The summed E-state index contributed by atoms with van der Waals surface area (Å²) in [6.07, 6.45) is 1.65. The highest BCUT2D eigenvalue weighted by Crippen LogP contribution is 2.22. The van der Waals surface area contributed by atoms with Crippen LogP contribution in [0.15, 0.2) is 29.2 Å². The van der Waals surface area contributed by atoms with Gasteiger partial charge in [-0.2, -0.15) is 4.31 Å². The average molecular weight is 285 g/mol. The summed E-state index contributed by atoms with van der Waals surface area (Å²) in [4.78, 5) is 0.232. The molecule has 1 aliphatic rings. The van der Waals surface area contributed by atoms with Crippen molar-refractivity contribution in [2.24, 2.45) is 0 Å². The van der Waals surface area contributed by atoms with Crippen molar-refractivity contribution in [3.8, 4) is 0 Å². The molecule has 0 aliphatic carbocycles.